The zero-order valence-corrected chi connectivity index (χ0v) is 9.83. The third-order valence-corrected chi connectivity index (χ3v) is 4.22. The molecule has 0 radical (unpaired) electrons. The lowest BCUT2D eigenvalue weighted by molar-refractivity contribution is -0.141. The second kappa shape index (κ2) is 4.95. The summed E-state index contributed by atoms with van der Waals surface area (Å²) >= 11 is 1.82. The second-order valence-electron chi connectivity index (χ2n) is 4.20. The average molecular weight is 244 g/mol. The molecule has 2 saturated heterocycles. The maximum absolute atomic E-state index is 11.9. The van der Waals surface area contributed by atoms with E-state index in [1.807, 2.05) is 11.8 Å². The van der Waals surface area contributed by atoms with Crippen molar-refractivity contribution in [3.05, 3.63) is 0 Å². The van der Waals surface area contributed by atoms with Gasteiger partial charge in [-0.15, -0.1) is 0 Å². The van der Waals surface area contributed by atoms with Crippen LogP contribution >= 0.6 is 11.8 Å². The summed E-state index contributed by atoms with van der Waals surface area (Å²) in [5.41, 5.74) is 0. The predicted octanol–water partition coefficient (Wildman–Crippen LogP) is 0.751. The number of thioether (sulfide) groups is 1. The van der Waals surface area contributed by atoms with Gasteiger partial charge < -0.3 is 15.3 Å². The van der Waals surface area contributed by atoms with Gasteiger partial charge in [0.2, 0.25) is 0 Å². The number of nitrogens with zero attached hydrogens (tertiary/aromatic N) is 1. The van der Waals surface area contributed by atoms with Crippen molar-refractivity contribution in [1.29, 1.82) is 0 Å². The molecule has 6 heteroatoms. The molecule has 0 aromatic rings. The molecular formula is C10H16N2O3S. The smallest absolute Gasteiger partial charge is 0.326 e. The van der Waals surface area contributed by atoms with Crippen molar-refractivity contribution in [3.8, 4) is 0 Å². The molecule has 0 bridgehead atoms. The molecule has 0 aliphatic carbocycles. The number of carbonyl (C=O) groups is 2. The molecule has 2 rings (SSSR count). The van der Waals surface area contributed by atoms with Crippen LogP contribution in [0.5, 0.6) is 0 Å². The monoisotopic (exact) mass is 244 g/mol. The van der Waals surface area contributed by atoms with E-state index in [1.54, 1.807) is 0 Å². The van der Waals surface area contributed by atoms with E-state index < -0.39 is 12.0 Å². The quantitative estimate of drug-likeness (QED) is 0.752. The number of hydrogen-bond acceptors (Lipinski definition) is 3. The van der Waals surface area contributed by atoms with E-state index in [0.29, 0.717) is 13.0 Å². The van der Waals surface area contributed by atoms with Gasteiger partial charge in [0.15, 0.2) is 0 Å². The minimum atomic E-state index is -0.895. The fraction of sp³-hybridized carbons (Fsp3) is 0.800. The van der Waals surface area contributed by atoms with Crippen molar-refractivity contribution in [2.45, 2.75) is 31.3 Å². The molecular weight excluding hydrogens is 228 g/mol. The Kier molecular flexibility index (Phi) is 3.58. The van der Waals surface area contributed by atoms with Crippen LogP contribution in [0.4, 0.5) is 4.79 Å². The maximum atomic E-state index is 11.9. The van der Waals surface area contributed by atoms with Gasteiger partial charge in [0, 0.05) is 18.3 Å². The van der Waals surface area contributed by atoms with Crippen LogP contribution in [0.25, 0.3) is 0 Å². The Hall–Kier alpha value is -0.910. The highest BCUT2D eigenvalue weighted by Gasteiger charge is 2.34. The van der Waals surface area contributed by atoms with E-state index >= 15 is 0 Å². The van der Waals surface area contributed by atoms with Crippen LogP contribution < -0.4 is 5.32 Å². The SMILES string of the molecule is O=C(O)[C@H]1CCCN1C(=O)NC1CCSC1. The zero-order valence-electron chi connectivity index (χ0n) is 9.02. The van der Waals surface area contributed by atoms with Crippen molar-refractivity contribution in [3.63, 3.8) is 0 Å². The van der Waals surface area contributed by atoms with Gasteiger partial charge in [0.1, 0.15) is 6.04 Å². The summed E-state index contributed by atoms with van der Waals surface area (Å²) in [5.74, 6) is 1.12. The second-order valence-corrected chi connectivity index (χ2v) is 5.35. The van der Waals surface area contributed by atoms with Gasteiger partial charge in [0.05, 0.1) is 0 Å². The van der Waals surface area contributed by atoms with E-state index in [2.05, 4.69) is 5.32 Å². The van der Waals surface area contributed by atoms with Gasteiger partial charge in [-0.05, 0) is 25.0 Å². The molecule has 1 unspecified atom stereocenters. The molecule has 2 atom stereocenters. The number of rotatable bonds is 2. The van der Waals surface area contributed by atoms with Crippen LogP contribution in [0.1, 0.15) is 19.3 Å². The van der Waals surface area contributed by atoms with Crippen LogP contribution in [0, 0.1) is 0 Å². The number of nitrogens with one attached hydrogen (secondary N) is 1. The van der Waals surface area contributed by atoms with Crippen molar-refractivity contribution in [2.75, 3.05) is 18.1 Å². The Balaban J connectivity index is 1.90. The number of aliphatic carboxylic acids is 1. The lowest BCUT2D eigenvalue weighted by Gasteiger charge is -2.23. The van der Waals surface area contributed by atoms with Crippen molar-refractivity contribution >= 4 is 23.8 Å². The first-order chi connectivity index (χ1) is 7.68. The summed E-state index contributed by atoms with van der Waals surface area (Å²) in [4.78, 5) is 24.2. The van der Waals surface area contributed by atoms with Crippen LogP contribution in [-0.4, -0.2) is 52.1 Å². The summed E-state index contributed by atoms with van der Waals surface area (Å²) in [6.45, 7) is 0.558. The fourth-order valence-corrected chi connectivity index (χ4v) is 3.32. The molecule has 2 fully saturated rings. The van der Waals surface area contributed by atoms with E-state index in [1.165, 1.54) is 4.90 Å². The molecule has 0 spiro atoms. The number of carboxylic acids is 1. The van der Waals surface area contributed by atoms with Crippen molar-refractivity contribution < 1.29 is 14.7 Å². The molecule has 2 aliphatic rings. The van der Waals surface area contributed by atoms with Gasteiger partial charge in [-0.25, -0.2) is 9.59 Å². The Labute approximate surface area is 98.6 Å². The Bertz CT molecular complexity index is 292. The predicted molar refractivity (Wildman–Crippen MR) is 61.6 cm³/mol. The summed E-state index contributed by atoms with van der Waals surface area (Å²) in [6, 6.07) is -0.626. The van der Waals surface area contributed by atoms with E-state index in [0.717, 1.165) is 24.3 Å². The minimum absolute atomic E-state index is 0.211. The topological polar surface area (TPSA) is 69.6 Å². The molecule has 2 amide bonds. The highest BCUT2D eigenvalue weighted by atomic mass is 32.2. The Morgan fingerprint density at radius 2 is 2.19 bits per heavy atom. The van der Waals surface area contributed by atoms with E-state index in [-0.39, 0.29) is 12.1 Å². The zero-order chi connectivity index (χ0) is 11.5. The highest BCUT2D eigenvalue weighted by Crippen LogP contribution is 2.20. The van der Waals surface area contributed by atoms with E-state index in [9.17, 15) is 9.59 Å². The highest BCUT2D eigenvalue weighted by molar-refractivity contribution is 7.99. The van der Waals surface area contributed by atoms with Gasteiger partial charge >= 0.3 is 12.0 Å². The molecule has 2 aliphatic heterocycles. The van der Waals surface area contributed by atoms with E-state index in [4.69, 9.17) is 5.11 Å². The molecule has 0 saturated carbocycles. The third kappa shape index (κ3) is 2.42. The molecule has 0 aromatic heterocycles. The third-order valence-electron chi connectivity index (χ3n) is 3.06. The number of amides is 2. The molecule has 16 heavy (non-hydrogen) atoms. The molecule has 2 N–H and O–H groups in total. The van der Waals surface area contributed by atoms with Crippen molar-refractivity contribution in [2.24, 2.45) is 0 Å². The maximum Gasteiger partial charge on any atom is 0.326 e. The molecule has 90 valence electrons. The number of likely N-dealkylation sites (tertiary alicyclic amines) is 1. The molecule has 2 heterocycles. The van der Waals surface area contributed by atoms with Crippen LogP contribution in [0.2, 0.25) is 0 Å². The first-order valence-electron chi connectivity index (χ1n) is 5.56. The largest absolute Gasteiger partial charge is 0.480 e. The fourth-order valence-electron chi connectivity index (χ4n) is 2.17. The summed E-state index contributed by atoms with van der Waals surface area (Å²) in [6.07, 6.45) is 2.34. The number of carboxylic acid groups (broad SMARTS) is 1. The number of carbonyl (C=O) groups excluding carboxylic acids is 1. The van der Waals surface area contributed by atoms with Crippen molar-refractivity contribution in [1.82, 2.24) is 10.2 Å². The van der Waals surface area contributed by atoms with Crippen LogP contribution in [-0.2, 0) is 4.79 Å². The summed E-state index contributed by atoms with van der Waals surface area (Å²) in [5, 5.41) is 11.9. The summed E-state index contributed by atoms with van der Waals surface area (Å²) in [7, 11) is 0. The lowest BCUT2D eigenvalue weighted by atomic mass is 10.2. The van der Waals surface area contributed by atoms with Gasteiger partial charge in [-0.2, -0.15) is 11.8 Å². The standard InChI is InChI=1S/C10H16N2O3S/c13-9(14)8-2-1-4-12(8)10(15)11-7-3-5-16-6-7/h7-8H,1-6H2,(H,11,15)(H,13,14)/t7?,8-/m1/s1. The number of hydrogen-bond donors (Lipinski definition) is 2. The van der Waals surface area contributed by atoms with Gasteiger partial charge in [0.25, 0.3) is 0 Å². The normalized spacial score (nSPS) is 29.4. The lowest BCUT2D eigenvalue weighted by Crippen LogP contribution is -2.49. The molecule has 5 nitrogen and oxygen atoms in total. The van der Waals surface area contributed by atoms with Crippen LogP contribution in [0.3, 0.4) is 0 Å². The van der Waals surface area contributed by atoms with Gasteiger partial charge in [-0.1, -0.05) is 0 Å². The Morgan fingerprint density at radius 1 is 1.38 bits per heavy atom. The minimum Gasteiger partial charge on any atom is -0.480 e. The number of urea groups is 1. The first-order valence-corrected chi connectivity index (χ1v) is 6.71. The Morgan fingerprint density at radius 3 is 2.81 bits per heavy atom. The summed E-state index contributed by atoms with van der Waals surface area (Å²) < 4.78 is 0. The van der Waals surface area contributed by atoms with Gasteiger partial charge in [-0.3, -0.25) is 0 Å². The average Bonchev–Trinajstić information content (AvgIpc) is 2.86. The molecule has 0 aromatic carbocycles. The first kappa shape index (κ1) is 11.6. The van der Waals surface area contributed by atoms with Crippen LogP contribution in [0.15, 0.2) is 0 Å².